The van der Waals surface area contributed by atoms with Gasteiger partial charge in [-0.15, -0.1) is 0 Å². The van der Waals surface area contributed by atoms with Crippen molar-refractivity contribution >= 4 is 17.9 Å². The highest BCUT2D eigenvalue weighted by atomic mass is 16.6. The first-order chi connectivity index (χ1) is 8.03. The summed E-state index contributed by atoms with van der Waals surface area (Å²) in [5.41, 5.74) is 0. The molecule has 7 heteroatoms. The van der Waals surface area contributed by atoms with Crippen LogP contribution < -0.4 is 0 Å². The topological polar surface area (TPSA) is 88.1 Å². The molecule has 0 aliphatic rings. The Labute approximate surface area is 99.0 Å². The first-order valence-corrected chi connectivity index (χ1v) is 4.88. The van der Waals surface area contributed by atoms with Crippen LogP contribution in [0.1, 0.15) is 6.92 Å². The fourth-order valence-corrected chi connectivity index (χ4v) is 1.19. The largest absolute Gasteiger partial charge is 0.468 e. The maximum Gasteiger partial charge on any atom is 0.336 e. The van der Waals surface area contributed by atoms with Crippen molar-refractivity contribution < 1.29 is 33.3 Å². The Morgan fingerprint density at radius 2 is 1.29 bits per heavy atom. The first kappa shape index (κ1) is 15.4. The van der Waals surface area contributed by atoms with E-state index in [1.807, 2.05) is 0 Å². The Hall–Kier alpha value is -1.63. The molecule has 0 amide bonds. The lowest BCUT2D eigenvalue weighted by atomic mass is 10.0. The lowest BCUT2D eigenvalue weighted by Crippen LogP contribution is -2.43. The molecule has 0 radical (unpaired) electrons. The van der Waals surface area contributed by atoms with Crippen LogP contribution >= 0.6 is 0 Å². The molecule has 17 heavy (non-hydrogen) atoms. The molecule has 0 saturated carbocycles. The van der Waals surface area contributed by atoms with Crippen molar-refractivity contribution in [3.8, 4) is 0 Å². The fraction of sp³-hybridized carbons (Fsp3) is 0.700. The van der Waals surface area contributed by atoms with Crippen molar-refractivity contribution in [3.05, 3.63) is 0 Å². The number of hydrogen-bond acceptors (Lipinski definition) is 7. The van der Waals surface area contributed by atoms with Crippen LogP contribution in [-0.4, -0.2) is 51.9 Å². The van der Waals surface area contributed by atoms with Gasteiger partial charge in [0.1, 0.15) is 0 Å². The van der Waals surface area contributed by atoms with Crippen LogP contribution in [0.3, 0.4) is 0 Å². The molecular weight excluding hydrogens is 232 g/mol. The van der Waals surface area contributed by atoms with Gasteiger partial charge < -0.3 is 18.9 Å². The summed E-state index contributed by atoms with van der Waals surface area (Å²) < 4.78 is 18.3. The van der Waals surface area contributed by atoms with Gasteiger partial charge >= 0.3 is 17.9 Å². The molecule has 0 aromatic carbocycles. The molecule has 0 rings (SSSR count). The van der Waals surface area contributed by atoms with Crippen molar-refractivity contribution in [3.63, 3.8) is 0 Å². The highest BCUT2D eigenvalue weighted by Gasteiger charge is 2.42. The van der Waals surface area contributed by atoms with Gasteiger partial charge in [-0.2, -0.15) is 0 Å². The van der Waals surface area contributed by atoms with Crippen molar-refractivity contribution in [1.82, 2.24) is 0 Å². The van der Waals surface area contributed by atoms with Gasteiger partial charge in [-0.25, -0.2) is 4.79 Å². The lowest BCUT2D eigenvalue weighted by Gasteiger charge is -2.20. The Morgan fingerprint density at radius 1 is 0.882 bits per heavy atom. The SMILES string of the molecule is CCOC(C(=O)OC)C(C(=O)OC)C(=O)OC. The number of rotatable bonds is 6. The molecule has 1 unspecified atom stereocenters. The zero-order valence-electron chi connectivity index (χ0n) is 10.2. The molecule has 7 nitrogen and oxygen atoms in total. The third kappa shape index (κ3) is 4.03. The van der Waals surface area contributed by atoms with Gasteiger partial charge in [0.25, 0.3) is 0 Å². The first-order valence-electron chi connectivity index (χ1n) is 4.88. The van der Waals surface area contributed by atoms with Crippen LogP contribution in [0, 0.1) is 5.92 Å². The van der Waals surface area contributed by atoms with Gasteiger partial charge in [0.15, 0.2) is 12.0 Å². The molecule has 0 fully saturated rings. The summed E-state index contributed by atoms with van der Waals surface area (Å²) in [4.78, 5) is 34.3. The third-order valence-corrected chi connectivity index (χ3v) is 1.99. The Bertz CT molecular complexity index is 270. The predicted molar refractivity (Wildman–Crippen MR) is 55.0 cm³/mol. The van der Waals surface area contributed by atoms with Crippen LogP contribution in [-0.2, 0) is 33.3 Å². The zero-order valence-corrected chi connectivity index (χ0v) is 10.2. The summed E-state index contributed by atoms with van der Waals surface area (Å²) in [7, 11) is 3.32. The Morgan fingerprint density at radius 3 is 1.59 bits per heavy atom. The molecule has 0 bridgehead atoms. The van der Waals surface area contributed by atoms with Crippen molar-refractivity contribution in [1.29, 1.82) is 0 Å². The fourth-order valence-electron chi connectivity index (χ4n) is 1.19. The number of hydrogen-bond donors (Lipinski definition) is 0. The van der Waals surface area contributed by atoms with E-state index >= 15 is 0 Å². The Kier molecular flexibility index (Phi) is 6.88. The van der Waals surface area contributed by atoms with Crippen LogP contribution in [0.15, 0.2) is 0 Å². The highest BCUT2D eigenvalue weighted by molar-refractivity contribution is 6.00. The minimum absolute atomic E-state index is 0.129. The maximum absolute atomic E-state index is 11.4. The second kappa shape index (κ2) is 7.61. The van der Waals surface area contributed by atoms with E-state index < -0.39 is 29.9 Å². The molecular formula is C10H16O7. The van der Waals surface area contributed by atoms with Crippen LogP contribution in [0.25, 0.3) is 0 Å². The quantitative estimate of drug-likeness (QED) is 0.356. The molecule has 1 atom stereocenters. The summed E-state index contributed by atoms with van der Waals surface area (Å²) in [6, 6.07) is 0. The van der Waals surface area contributed by atoms with Gasteiger partial charge in [0, 0.05) is 6.61 Å². The molecule has 0 spiro atoms. The summed E-state index contributed by atoms with van der Waals surface area (Å²) in [5.74, 6) is -4.16. The number of carbonyl (C=O) groups excluding carboxylic acids is 3. The van der Waals surface area contributed by atoms with Gasteiger partial charge in [0.2, 0.25) is 0 Å². The number of ether oxygens (including phenoxy) is 4. The van der Waals surface area contributed by atoms with Crippen LogP contribution in [0.2, 0.25) is 0 Å². The van der Waals surface area contributed by atoms with Gasteiger partial charge in [-0.1, -0.05) is 0 Å². The lowest BCUT2D eigenvalue weighted by molar-refractivity contribution is -0.177. The standard InChI is InChI=1S/C10H16O7/c1-5-17-7(10(13)16-4)6(8(11)14-2)9(12)15-3/h6-7H,5H2,1-4H3. The normalized spacial score (nSPS) is 11.8. The molecule has 0 aliphatic carbocycles. The van der Waals surface area contributed by atoms with E-state index in [1.54, 1.807) is 6.92 Å². The maximum atomic E-state index is 11.4. The van der Waals surface area contributed by atoms with E-state index in [4.69, 9.17) is 4.74 Å². The second-order valence-electron chi connectivity index (χ2n) is 2.92. The van der Waals surface area contributed by atoms with Crippen molar-refractivity contribution in [2.24, 2.45) is 5.92 Å². The summed E-state index contributed by atoms with van der Waals surface area (Å²) in [5, 5.41) is 0. The van der Waals surface area contributed by atoms with E-state index in [9.17, 15) is 14.4 Å². The van der Waals surface area contributed by atoms with Crippen molar-refractivity contribution in [2.45, 2.75) is 13.0 Å². The van der Waals surface area contributed by atoms with E-state index in [0.717, 1.165) is 21.3 Å². The molecule has 0 N–H and O–H groups in total. The van der Waals surface area contributed by atoms with Crippen molar-refractivity contribution in [2.75, 3.05) is 27.9 Å². The molecule has 0 aromatic heterocycles. The smallest absolute Gasteiger partial charge is 0.336 e. The number of methoxy groups -OCH3 is 3. The van der Waals surface area contributed by atoms with E-state index in [1.165, 1.54) is 0 Å². The number of carbonyl (C=O) groups is 3. The zero-order chi connectivity index (χ0) is 13.4. The molecule has 0 saturated heterocycles. The third-order valence-electron chi connectivity index (χ3n) is 1.99. The van der Waals surface area contributed by atoms with Crippen LogP contribution in [0.4, 0.5) is 0 Å². The molecule has 0 aliphatic heterocycles. The summed E-state index contributed by atoms with van der Waals surface area (Å²) >= 11 is 0. The highest BCUT2D eigenvalue weighted by Crippen LogP contribution is 2.14. The van der Waals surface area contributed by atoms with Gasteiger partial charge in [-0.3, -0.25) is 9.59 Å². The minimum Gasteiger partial charge on any atom is -0.468 e. The van der Waals surface area contributed by atoms with E-state index in [-0.39, 0.29) is 6.61 Å². The number of esters is 3. The summed E-state index contributed by atoms with van der Waals surface area (Å²) in [6.07, 6.45) is -1.37. The van der Waals surface area contributed by atoms with E-state index in [2.05, 4.69) is 14.2 Å². The van der Waals surface area contributed by atoms with Gasteiger partial charge in [0.05, 0.1) is 21.3 Å². The second-order valence-corrected chi connectivity index (χ2v) is 2.92. The summed E-state index contributed by atoms with van der Waals surface area (Å²) in [6.45, 7) is 1.74. The average molecular weight is 248 g/mol. The van der Waals surface area contributed by atoms with Crippen LogP contribution in [0.5, 0.6) is 0 Å². The van der Waals surface area contributed by atoms with Gasteiger partial charge in [-0.05, 0) is 6.92 Å². The predicted octanol–water partition coefficient (Wildman–Crippen LogP) is -0.473. The Balaban J connectivity index is 5.13. The molecule has 98 valence electrons. The monoisotopic (exact) mass is 248 g/mol. The molecule has 0 aromatic rings. The average Bonchev–Trinajstić information content (AvgIpc) is 2.36. The minimum atomic E-state index is -1.49. The van der Waals surface area contributed by atoms with E-state index in [0.29, 0.717) is 0 Å². The molecule has 0 heterocycles.